The molecule has 1 N–H and O–H groups in total. The monoisotopic (exact) mass is 332 g/mol. The Morgan fingerprint density at radius 1 is 1.17 bits per heavy atom. The molecule has 5 heteroatoms. The van der Waals surface area contributed by atoms with E-state index in [9.17, 15) is 9.18 Å². The van der Waals surface area contributed by atoms with Gasteiger partial charge in [0.05, 0.1) is 5.56 Å². The van der Waals surface area contributed by atoms with Gasteiger partial charge in [-0.1, -0.05) is 23.7 Å². The fraction of sp³-hybridized carbons (Fsp3) is 0.278. The lowest BCUT2D eigenvalue weighted by atomic mass is 10.1. The summed E-state index contributed by atoms with van der Waals surface area (Å²) in [5, 5.41) is 3.07. The van der Waals surface area contributed by atoms with Crippen molar-refractivity contribution >= 4 is 23.2 Å². The van der Waals surface area contributed by atoms with E-state index in [1.165, 1.54) is 31.0 Å². The second-order valence-electron chi connectivity index (χ2n) is 5.76. The van der Waals surface area contributed by atoms with Gasteiger partial charge in [-0.3, -0.25) is 9.69 Å². The van der Waals surface area contributed by atoms with Gasteiger partial charge in [0.25, 0.3) is 5.91 Å². The van der Waals surface area contributed by atoms with Crippen molar-refractivity contribution < 1.29 is 9.18 Å². The minimum atomic E-state index is -0.583. The average molecular weight is 333 g/mol. The summed E-state index contributed by atoms with van der Waals surface area (Å²) in [6.07, 6.45) is 2.48. The molecule has 3 nitrogen and oxygen atoms in total. The van der Waals surface area contributed by atoms with Gasteiger partial charge in [-0.25, -0.2) is 4.39 Å². The second kappa shape index (κ2) is 7.11. The zero-order chi connectivity index (χ0) is 16.2. The second-order valence-corrected chi connectivity index (χ2v) is 6.20. The molecule has 1 amide bonds. The third-order valence-corrected chi connectivity index (χ3v) is 4.20. The summed E-state index contributed by atoms with van der Waals surface area (Å²) in [6, 6.07) is 11.6. The summed E-state index contributed by atoms with van der Waals surface area (Å²) >= 11 is 5.83. The van der Waals surface area contributed by atoms with Crippen LogP contribution in [-0.2, 0) is 6.54 Å². The molecular formula is C18H18ClFN2O. The van der Waals surface area contributed by atoms with Crippen molar-refractivity contribution in [2.75, 3.05) is 18.4 Å². The Morgan fingerprint density at radius 2 is 1.96 bits per heavy atom. The average Bonchev–Trinajstić information content (AvgIpc) is 3.03. The number of rotatable bonds is 4. The number of carbonyl (C=O) groups excluding carboxylic acids is 1. The largest absolute Gasteiger partial charge is 0.322 e. The first-order valence-electron chi connectivity index (χ1n) is 7.69. The van der Waals surface area contributed by atoms with Crippen LogP contribution in [0, 0.1) is 5.82 Å². The van der Waals surface area contributed by atoms with Gasteiger partial charge in [0.2, 0.25) is 0 Å². The van der Waals surface area contributed by atoms with Gasteiger partial charge in [0, 0.05) is 17.3 Å². The van der Waals surface area contributed by atoms with E-state index in [1.54, 1.807) is 6.07 Å². The van der Waals surface area contributed by atoms with Crippen LogP contribution in [0.15, 0.2) is 42.5 Å². The highest BCUT2D eigenvalue weighted by molar-refractivity contribution is 6.31. The van der Waals surface area contributed by atoms with Crippen molar-refractivity contribution in [3.8, 4) is 0 Å². The number of carbonyl (C=O) groups is 1. The fourth-order valence-corrected chi connectivity index (χ4v) is 2.99. The van der Waals surface area contributed by atoms with E-state index >= 15 is 0 Å². The first kappa shape index (κ1) is 16.0. The minimum Gasteiger partial charge on any atom is -0.322 e. The Balaban J connectivity index is 1.72. The molecule has 1 aliphatic rings. The number of hydrogen-bond acceptors (Lipinski definition) is 2. The molecule has 0 saturated carbocycles. The number of nitrogens with one attached hydrogen (secondary N) is 1. The predicted octanol–water partition coefficient (Wildman–Crippen LogP) is 4.33. The van der Waals surface area contributed by atoms with Crippen molar-refractivity contribution in [2.24, 2.45) is 0 Å². The maximum atomic E-state index is 13.7. The molecule has 2 aromatic rings. The maximum absolute atomic E-state index is 13.7. The van der Waals surface area contributed by atoms with Gasteiger partial charge < -0.3 is 5.32 Å². The van der Waals surface area contributed by atoms with E-state index in [0.29, 0.717) is 10.7 Å². The molecule has 3 rings (SSSR count). The van der Waals surface area contributed by atoms with Crippen LogP contribution in [0.3, 0.4) is 0 Å². The van der Waals surface area contributed by atoms with Gasteiger partial charge in [-0.2, -0.15) is 0 Å². The minimum absolute atomic E-state index is 0.0533. The molecule has 2 aromatic carbocycles. The van der Waals surface area contributed by atoms with Crippen molar-refractivity contribution in [1.82, 2.24) is 4.90 Å². The normalized spacial score (nSPS) is 14.9. The topological polar surface area (TPSA) is 32.3 Å². The summed E-state index contributed by atoms with van der Waals surface area (Å²) in [7, 11) is 0. The van der Waals surface area contributed by atoms with E-state index in [0.717, 1.165) is 25.2 Å². The van der Waals surface area contributed by atoms with Crippen LogP contribution in [0.1, 0.15) is 28.8 Å². The molecule has 0 aliphatic carbocycles. The number of nitrogens with zero attached hydrogens (tertiary/aromatic N) is 1. The molecule has 23 heavy (non-hydrogen) atoms. The third-order valence-electron chi connectivity index (χ3n) is 3.96. The molecule has 1 heterocycles. The molecule has 120 valence electrons. The number of benzene rings is 2. The van der Waals surface area contributed by atoms with Gasteiger partial charge in [0.1, 0.15) is 5.82 Å². The van der Waals surface area contributed by atoms with Crippen LogP contribution in [0.5, 0.6) is 0 Å². The van der Waals surface area contributed by atoms with Crippen molar-refractivity contribution in [3.05, 3.63) is 64.4 Å². The van der Waals surface area contributed by atoms with E-state index < -0.39 is 11.7 Å². The van der Waals surface area contributed by atoms with E-state index in [2.05, 4.69) is 10.2 Å². The summed E-state index contributed by atoms with van der Waals surface area (Å²) in [6.45, 7) is 3.10. The molecule has 0 bridgehead atoms. The van der Waals surface area contributed by atoms with Crippen LogP contribution >= 0.6 is 11.6 Å². The number of amides is 1. The highest BCUT2D eigenvalue weighted by Crippen LogP contribution is 2.19. The van der Waals surface area contributed by atoms with Crippen LogP contribution in [0.4, 0.5) is 10.1 Å². The predicted molar refractivity (Wildman–Crippen MR) is 90.3 cm³/mol. The van der Waals surface area contributed by atoms with Crippen molar-refractivity contribution in [3.63, 3.8) is 0 Å². The highest BCUT2D eigenvalue weighted by atomic mass is 35.5. The van der Waals surface area contributed by atoms with Gasteiger partial charge in [-0.05, 0) is 61.8 Å². The van der Waals surface area contributed by atoms with Gasteiger partial charge >= 0.3 is 0 Å². The lowest BCUT2D eigenvalue weighted by Crippen LogP contribution is -2.18. The molecule has 0 spiro atoms. The zero-order valence-corrected chi connectivity index (χ0v) is 13.4. The quantitative estimate of drug-likeness (QED) is 0.904. The summed E-state index contributed by atoms with van der Waals surface area (Å²) in [5.41, 5.74) is 1.74. The van der Waals surface area contributed by atoms with Gasteiger partial charge in [0.15, 0.2) is 0 Å². The molecule has 1 fully saturated rings. The molecule has 0 atom stereocenters. The molecule has 0 aromatic heterocycles. The fourth-order valence-electron chi connectivity index (χ4n) is 2.82. The molecular weight excluding hydrogens is 315 g/mol. The lowest BCUT2D eigenvalue weighted by molar-refractivity contribution is 0.102. The summed E-state index contributed by atoms with van der Waals surface area (Å²) in [5.74, 6) is -1.08. The van der Waals surface area contributed by atoms with Gasteiger partial charge in [-0.15, -0.1) is 0 Å². The Bertz CT molecular complexity index is 714. The van der Waals surface area contributed by atoms with E-state index in [-0.39, 0.29) is 5.56 Å². The Kier molecular flexibility index (Phi) is 4.94. The first-order chi connectivity index (χ1) is 11.1. The Morgan fingerprint density at radius 3 is 2.74 bits per heavy atom. The highest BCUT2D eigenvalue weighted by Gasteiger charge is 2.14. The van der Waals surface area contributed by atoms with Crippen LogP contribution < -0.4 is 5.32 Å². The van der Waals surface area contributed by atoms with Crippen LogP contribution in [-0.4, -0.2) is 23.9 Å². The molecule has 1 aliphatic heterocycles. The van der Waals surface area contributed by atoms with Crippen molar-refractivity contribution in [1.29, 1.82) is 0 Å². The van der Waals surface area contributed by atoms with Crippen molar-refractivity contribution in [2.45, 2.75) is 19.4 Å². The van der Waals surface area contributed by atoms with Crippen LogP contribution in [0.2, 0.25) is 5.02 Å². The number of anilines is 1. The van der Waals surface area contributed by atoms with Crippen LogP contribution in [0.25, 0.3) is 0 Å². The SMILES string of the molecule is O=C(Nc1cccc(CN2CCCC2)c1)c1cc(Cl)ccc1F. The smallest absolute Gasteiger partial charge is 0.258 e. The lowest BCUT2D eigenvalue weighted by Gasteiger charge is -2.15. The molecule has 1 saturated heterocycles. The van der Waals surface area contributed by atoms with E-state index in [1.807, 2.05) is 18.2 Å². The summed E-state index contributed by atoms with van der Waals surface area (Å²) in [4.78, 5) is 14.6. The molecule has 0 radical (unpaired) electrons. The number of halogens is 2. The maximum Gasteiger partial charge on any atom is 0.258 e. The van der Waals surface area contributed by atoms with E-state index in [4.69, 9.17) is 11.6 Å². The number of likely N-dealkylation sites (tertiary alicyclic amines) is 1. The first-order valence-corrected chi connectivity index (χ1v) is 8.07. The molecule has 0 unspecified atom stereocenters. The Labute approximate surface area is 140 Å². The standard InChI is InChI=1S/C18H18ClFN2O/c19-14-6-7-17(20)16(11-14)18(23)21-15-5-3-4-13(10-15)12-22-8-1-2-9-22/h3-7,10-11H,1-2,8-9,12H2,(H,21,23). The summed E-state index contributed by atoms with van der Waals surface area (Å²) < 4.78 is 13.7. The number of hydrogen-bond donors (Lipinski definition) is 1. The Hall–Kier alpha value is -1.91. The third kappa shape index (κ3) is 4.09. The zero-order valence-electron chi connectivity index (χ0n) is 12.7.